The number of piperidine rings is 1. The fourth-order valence-corrected chi connectivity index (χ4v) is 7.11. The fraction of sp³-hybridized carbons (Fsp3) is 0.448. The van der Waals surface area contributed by atoms with E-state index in [1.807, 2.05) is 30.3 Å². The second-order valence-corrected chi connectivity index (χ2v) is 11.7. The summed E-state index contributed by atoms with van der Waals surface area (Å²) in [5, 5.41) is 6.46. The van der Waals surface area contributed by atoms with E-state index >= 15 is 0 Å². The van der Waals surface area contributed by atoms with Gasteiger partial charge in [-0.05, 0) is 72.8 Å². The van der Waals surface area contributed by atoms with Crippen molar-refractivity contribution in [3.8, 4) is 0 Å². The summed E-state index contributed by atoms with van der Waals surface area (Å²) in [6.45, 7) is 2.92. The highest BCUT2D eigenvalue weighted by atomic mass is 79.9. The van der Waals surface area contributed by atoms with E-state index in [0.717, 1.165) is 55.5 Å². The molecule has 1 heterocycles. The van der Waals surface area contributed by atoms with Gasteiger partial charge in [0.25, 0.3) is 0 Å². The molecule has 0 unspecified atom stereocenters. The van der Waals surface area contributed by atoms with Crippen LogP contribution in [0.2, 0.25) is 0 Å². The Labute approximate surface area is 215 Å². The predicted octanol–water partition coefficient (Wildman–Crippen LogP) is 5.00. The molecule has 0 aromatic heterocycles. The maximum absolute atomic E-state index is 13.7. The summed E-state index contributed by atoms with van der Waals surface area (Å²) >= 11 is 3.45. The van der Waals surface area contributed by atoms with Gasteiger partial charge in [0.1, 0.15) is 0 Å². The molecule has 6 heteroatoms. The predicted molar refractivity (Wildman–Crippen MR) is 140 cm³/mol. The van der Waals surface area contributed by atoms with Crippen molar-refractivity contribution < 1.29 is 9.59 Å². The van der Waals surface area contributed by atoms with Crippen LogP contribution in [0, 0.1) is 29.1 Å². The Kier molecular flexibility index (Phi) is 6.05. The van der Waals surface area contributed by atoms with Crippen LogP contribution in [0.25, 0.3) is 0 Å². The van der Waals surface area contributed by atoms with Gasteiger partial charge in [-0.3, -0.25) is 14.5 Å². The van der Waals surface area contributed by atoms with Gasteiger partial charge in [0.2, 0.25) is 11.8 Å². The normalized spacial score (nSPS) is 28.8. The number of rotatable bonds is 6. The van der Waals surface area contributed by atoms with Crippen molar-refractivity contribution in [2.24, 2.45) is 29.1 Å². The molecular weight excluding hydrogens is 502 g/mol. The van der Waals surface area contributed by atoms with Crippen molar-refractivity contribution in [2.75, 3.05) is 18.4 Å². The molecule has 4 aliphatic rings. The summed E-state index contributed by atoms with van der Waals surface area (Å²) in [7, 11) is 0. The van der Waals surface area contributed by atoms with Crippen LogP contribution in [0.5, 0.6) is 0 Å². The highest BCUT2D eigenvalue weighted by molar-refractivity contribution is 9.10. The molecule has 2 aromatic rings. The van der Waals surface area contributed by atoms with E-state index in [0.29, 0.717) is 0 Å². The van der Waals surface area contributed by atoms with Crippen LogP contribution in [-0.2, 0) is 16.1 Å². The van der Waals surface area contributed by atoms with Gasteiger partial charge < -0.3 is 10.6 Å². The zero-order valence-electron chi connectivity index (χ0n) is 19.8. The number of hydrogen-bond donors (Lipinski definition) is 2. The highest BCUT2D eigenvalue weighted by Crippen LogP contribution is 2.72. The molecule has 2 amide bonds. The van der Waals surface area contributed by atoms with Crippen LogP contribution < -0.4 is 10.6 Å². The lowest BCUT2D eigenvalue weighted by Crippen LogP contribution is -2.49. The maximum atomic E-state index is 13.7. The monoisotopic (exact) mass is 533 g/mol. The molecule has 1 saturated heterocycles. The van der Waals surface area contributed by atoms with Crippen LogP contribution in [-0.4, -0.2) is 35.8 Å². The number of halogens is 1. The van der Waals surface area contributed by atoms with Gasteiger partial charge in [-0.1, -0.05) is 58.4 Å². The molecule has 6 rings (SSSR count). The van der Waals surface area contributed by atoms with E-state index in [1.165, 1.54) is 5.56 Å². The molecule has 5 nitrogen and oxygen atoms in total. The van der Waals surface area contributed by atoms with Gasteiger partial charge in [0, 0.05) is 35.8 Å². The zero-order chi connectivity index (χ0) is 24.0. The van der Waals surface area contributed by atoms with Crippen LogP contribution in [0.1, 0.15) is 31.2 Å². The minimum atomic E-state index is -0.297. The Bertz CT molecular complexity index is 1120. The Balaban J connectivity index is 1.11. The van der Waals surface area contributed by atoms with Crippen LogP contribution >= 0.6 is 15.9 Å². The fourth-order valence-electron chi connectivity index (χ4n) is 6.84. The second-order valence-electron chi connectivity index (χ2n) is 10.8. The SMILES string of the molecule is O=C(NC1CCN(Cc2ccccc2)CC1)[C@H]1[C@H](C(=O)Nc2ccc(Br)cc2)[C@@H]2C=C[C@H]1C21CC1. The number of hydrogen-bond acceptors (Lipinski definition) is 3. The molecule has 3 fully saturated rings. The molecule has 1 aliphatic heterocycles. The molecule has 2 aromatic carbocycles. The quantitative estimate of drug-likeness (QED) is 0.513. The number of allylic oxidation sites excluding steroid dienone is 2. The third-order valence-corrected chi connectivity index (χ3v) is 9.27. The molecule has 2 N–H and O–H groups in total. The smallest absolute Gasteiger partial charge is 0.228 e. The second kappa shape index (κ2) is 9.21. The molecular formula is C29H32BrN3O2. The first kappa shape index (κ1) is 23.0. The van der Waals surface area contributed by atoms with Crippen LogP contribution in [0.4, 0.5) is 5.69 Å². The lowest BCUT2D eigenvalue weighted by Gasteiger charge is -2.34. The minimum Gasteiger partial charge on any atom is -0.353 e. The van der Waals surface area contributed by atoms with Crippen molar-refractivity contribution in [1.82, 2.24) is 10.2 Å². The van der Waals surface area contributed by atoms with Gasteiger partial charge in [-0.15, -0.1) is 0 Å². The molecule has 2 saturated carbocycles. The van der Waals surface area contributed by atoms with Gasteiger partial charge >= 0.3 is 0 Å². The van der Waals surface area contributed by atoms with Crippen molar-refractivity contribution >= 4 is 33.4 Å². The molecule has 0 radical (unpaired) electrons. The van der Waals surface area contributed by atoms with E-state index in [1.54, 1.807) is 0 Å². The van der Waals surface area contributed by atoms with Crippen molar-refractivity contribution in [3.63, 3.8) is 0 Å². The third-order valence-electron chi connectivity index (χ3n) is 8.74. The van der Waals surface area contributed by atoms with Crippen LogP contribution in [0.15, 0.2) is 71.2 Å². The first-order chi connectivity index (χ1) is 17.0. The molecule has 2 bridgehead atoms. The molecule has 182 valence electrons. The number of nitrogens with zero attached hydrogens (tertiary/aromatic N) is 1. The summed E-state index contributed by atoms with van der Waals surface area (Å²) in [5.74, 6) is -0.156. The van der Waals surface area contributed by atoms with E-state index in [2.05, 4.69) is 67.9 Å². The highest BCUT2D eigenvalue weighted by Gasteiger charge is 2.69. The van der Waals surface area contributed by atoms with Gasteiger partial charge in [0.15, 0.2) is 0 Å². The van der Waals surface area contributed by atoms with E-state index in [-0.39, 0.29) is 46.9 Å². The lowest BCUT2D eigenvalue weighted by molar-refractivity contribution is -0.133. The van der Waals surface area contributed by atoms with Crippen molar-refractivity contribution in [1.29, 1.82) is 0 Å². The summed E-state index contributed by atoms with van der Waals surface area (Å²) < 4.78 is 0.974. The maximum Gasteiger partial charge on any atom is 0.228 e. The number of anilines is 1. The third kappa shape index (κ3) is 4.36. The standard InChI is InChI=1S/C29H32BrN3O2/c30-20-6-8-21(9-7-20)31-27(34)25-23-10-11-24(29(23)14-15-29)26(25)28(35)32-22-12-16-33(17-13-22)18-19-4-2-1-3-5-19/h1-11,22-26H,12-18H2,(H,31,34)(H,32,35)/t23-,24+,25+,26+/m0/s1. The number of likely N-dealkylation sites (tertiary alicyclic amines) is 1. The van der Waals surface area contributed by atoms with Gasteiger partial charge in [-0.25, -0.2) is 0 Å². The average Bonchev–Trinajstić information content (AvgIpc) is 3.54. The number of amides is 2. The average molecular weight is 534 g/mol. The van der Waals surface area contributed by atoms with Gasteiger partial charge in [-0.2, -0.15) is 0 Å². The van der Waals surface area contributed by atoms with Crippen LogP contribution in [0.3, 0.4) is 0 Å². The Morgan fingerprint density at radius 3 is 2.14 bits per heavy atom. The van der Waals surface area contributed by atoms with E-state index in [4.69, 9.17) is 0 Å². The topological polar surface area (TPSA) is 61.4 Å². The lowest BCUT2D eigenvalue weighted by atomic mass is 9.81. The summed E-state index contributed by atoms with van der Waals surface area (Å²) in [4.78, 5) is 29.6. The summed E-state index contributed by atoms with van der Waals surface area (Å²) in [6.07, 6.45) is 8.60. The molecule has 3 aliphatic carbocycles. The molecule has 1 spiro atoms. The summed E-state index contributed by atoms with van der Waals surface area (Å²) in [6, 6.07) is 18.4. The molecule has 4 atom stereocenters. The van der Waals surface area contributed by atoms with E-state index in [9.17, 15) is 9.59 Å². The minimum absolute atomic E-state index is 0.0201. The van der Waals surface area contributed by atoms with Crippen molar-refractivity contribution in [3.05, 3.63) is 76.8 Å². The number of nitrogens with one attached hydrogen (secondary N) is 2. The van der Waals surface area contributed by atoms with E-state index < -0.39 is 0 Å². The largest absolute Gasteiger partial charge is 0.353 e. The number of benzene rings is 2. The Hall–Kier alpha value is -2.44. The Morgan fingerprint density at radius 2 is 1.51 bits per heavy atom. The molecule has 35 heavy (non-hydrogen) atoms. The zero-order valence-corrected chi connectivity index (χ0v) is 21.4. The first-order valence-electron chi connectivity index (χ1n) is 12.8. The summed E-state index contributed by atoms with van der Waals surface area (Å²) in [5.41, 5.74) is 2.25. The first-order valence-corrected chi connectivity index (χ1v) is 13.6. The number of carbonyl (C=O) groups is 2. The van der Waals surface area contributed by atoms with Crippen molar-refractivity contribution in [2.45, 2.75) is 38.3 Å². The van der Waals surface area contributed by atoms with Gasteiger partial charge in [0.05, 0.1) is 11.8 Å². The Morgan fingerprint density at radius 1 is 0.886 bits per heavy atom. The number of carbonyl (C=O) groups excluding carboxylic acids is 2.